The molecule has 11 nitrogen and oxygen atoms in total. The Hall–Kier alpha value is -3.74. The molecule has 2 aromatic carbocycles. The molecule has 0 bridgehead atoms. The molecule has 0 saturated heterocycles. The third kappa shape index (κ3) is 6.41. The van der Waals surface area contributed by atoms with E-state index in [0.717, 1.165) is 23.3 Å². The number of carbonyl (C=O) groups is 2. The van der Waals surface area contributed by atoms with Crippen molar-refractivity contribution in [1.29, 1.82) is 0 Å². The lowest BCUT2D eigenvalue weighted by molar-refractivity contribution is -0.384. The van der Waals surface area contributed by atoms with Crippen molar-refractivity contribution in [2.45, 2.75) is 19.5 Å². The summed E-state index contributed by atoms with van der Waals surface area (Å²) in [5.74, 6) is -1.76. The number of nitrogens with one attached hydrogen (secondary N) is 1. The summed E-state index contributed by atoms with van der Waals surface area (Å²) >= 11 is 0. The van der Waals surface area contributed by atoms with Crippen molar-refractivity contribution < 1.29 is 32.1 Å². The summed E-state index contributed by atoms with van der Waals surface area (Å²) in [6.45, 7) is 0.579. The fraction of sp³-hybridized carbons (Fsp3) is 0.333. The molecular formula is C21H25FN4O7S. The van der Waals surface area contributed by atoms with Gasteiger partial charge in [0.25, 0.3) is 5.69 Å². The molecule has 2 rings (SSSR count). The molecule has 0 aliphatic rings. The first-order valence-electron chi connectivity index (χ1n) is 9.94. The van der Waals surface area contributed by atoms with Crippen LogP contribution in [0.4, 0.5) is 15.8 Å². The van der Waals surface area contributed by atoms with Crippen molar-refractivity contribution in [3.05, 3.63) is 64.0 Å². The molecule has 0 aromatic heterocycles. The van der Waals surface area contributed by atoms with Crippen molar-refractivity contribution >= 4 is 33.2 Å². The van der Waals surface area contributed by atoms with Gasteiger partial charge in [0.2, 0.25) is 21.8 Å². The number of rotatable bonds is 10. The van der Waals surface area contributed by atoms with E-state index in [9.17, 15) is 32.5 Å². The first kappa shape index (κ1) is 26.5. The summed E-state index contributed by atoms with van der Waals surface area (Å²) in [4.78, 5) is 37.3. The third-order valence-corrected chi connectivity index (χ3v) is 6.13. The predicted molar refractivity (Wildman–Crippen MR) is 122 cm³/mol. The van der Waals surface area contributed by atoms with Crippen LogP contribution >= 0.6 is 0 Å². The number of nitro benzene ring substituents is 1. The third-order valence-electron chi connectivity index (χ3n) is 5.00. The SMILES string of the molecule is CNC(=O)[C@H](C)N(Cc1ccc(F)cc1)C(=O)CN(c1cc([N+](=O)[O-])ccc1OC)S(C)(=O)=O. The summed E-state index contributed by atoms with van der Waals surface area (Å²) < 4.78 is 44.3. The van der Waals surface area contributed by atoms with Crippen LogP contribution in [-0.2, 0) is 26.2 Å². The van der Waals surface area contributed by atoms with Crippen LogP contribution in [-0.4, -0.2) is 63.1 Å². The van der Waals surface area contributed by atoms with Crippen LogP contribution in [0.5, 0.6) is 5.75 Å². The van der Waals surface area contributed by atoms with Crippen molar-refractivity contribution in [3.63, 3.8) is 0 Å². The van der Waals surface area contributed by atoms with Gasteiger partial charge in [-0.15, -0.1) is 0 Å². The van der Waals surface area contributed by atoms with E-state index >= 15 is 0 Å². The lowest BCUT2D eigenvalue weighted by Gasteiger charge is -2.31. The van der Waals surface area contributed by atoms with Crippen molar-refractivity contribution in [3.8, 4) is 5.75 Å². The Bertz CT molecular complexity index is 1170. The van der Waals surface area contributed by atoms with Gasteiger partial charge in [-0.3, -0.25) is 24.0 Å². The van der Waals surface area contributed by atoms with E-state index in [1.807, 2.05) is 0 Å². The highest BCUT2D eigenvalue weighted by atomic mass is 32.2. The smallest absolute Gasteiger partial charge is 0.271 e. The van der Waals surface area contributed by atoms with E-state index in [2.05, 4.69) is 5.32 Å². The van der Waals surface area contributed by atoms with Gasteiger partial charge in [0.15, 0.2) is 0 Å². The van der Waals surface area contributed by atoms with Crippen LogP contribution in [0.3, 0.4) is 0 Å². The number of amides is 2. The van der Waals surface area contributed by atoms with Gasteiger partial charge in [-0.1, -0.05) is 12.1 Å². The first-order valence-corrected chi connectivity index (χ1v) is 11.8. The topological polar surface area (TPSA) is 139 Å². The summed E-state index contributed by atoms with van der Waals surface area (Å²) in [5, 5.41) is 13.7. The number of non-ortho nitro benzene ring substituents is 1. The maximum absolute atomic E-state index is 13.3. The van der Waals surface area contributed by atoms with Crippen LogP contribution in [0.1, 0.15) is 12.5 Å². The Labute approximate surface area is 196 Å². The minimum atomic E-state index is -4.12. The number of carbonyl (C=O) groups excluding carboxylic acids is 2. The lowest BCUT2D eigenvalue weighted by Crippen LogP contribution is -2.50. The Kier molecular flexibility index (Phi) is 8.51. The highest BCUT2D eigenvalue weighted by molar-refractivity contribution is 7.92. The molecule has 2 amide bonds. The molecule has 0 aliphatic heterocycles. The lowest BCUT2D eigenvalue weighted by atomic mass is 10.1. The Morgan fingerprint density at radius 1 is 1.21 bits per heavy atom. The number of hydrogen-bond acceptors (Lipinski definition) is 7. The Morgan fingerprint density at radius 2 is 1.82 bits per heavy atom. The quantitative estimate of drug-likeness (QED) is 0.390. The highest BCUT2D eigenvalue weighted by Gasteiger charge is 2.31. The average Bonchev–Trinajstić information content (AvgIpc) is 2.79. The predicted octanol–water partition coefficient (Wildman–Crippen LogP) is 1.67. The fourth-order valence-corrected chi connectivity index (χ4v) is 4.00. The molecule has 0 heterocycles. The number of sulfonamides is 1. The van der Waals surface area contributed by atoms with Crippen molar-refractivity contribution in [2.24, 2.45) is 0 Å². The molecule has 0 radical (unpaired) electrons. The number of halogens is 1. The molecule has 0 unspecified atom stereocenters. The monoisotopic (exact) mass is 496 g/mol. The minimum Gasteiger partial charge on any atom is -0.495 e. The molecule has 0 aliphatic carbocycles. The molecule has 13 heteroatoms. The van der Waals surface area contributed by atoms with Crippen molar-refractivity contribution in [2.75, 3.05) is 31.3 Å². The maximum atomic E-state index is 13.3. The number of nitro groups is 1. The number of anilines is 1. The number of methoxy groups -OCH3 is 1. The molecule has 0 fully saturated rings. The second kappa shape index (κ2) is 10.9. The molecule has 2 aromatic rings. The second-order valence-corrected chi connectivity index (χ2v) is 9.23. The zero-order valence-electron chi connectivity index (χ0n) is 19.0. The number of nitrogens with zero attached hydrogens (tertiary/aromatic N) is 3. The molecule has 1 atom stereocenters. The summed E-state index contributed by atoms with van der Waals surface area (Å²) in [5.41, 5.74) is -0.106. The number of ether oxygens (including phenoxy) is 1. The number of hydrogen-bond donors (Lipinski definition) is 1. The molecular weight excluding hydrogens is 471 g/mol. The Morgan fingerprint density at radius 3 is 2.32 bits per heavy atom. The van der Waals surface area contributed by atoms with Gasteiger partial charge in [0.05, 0.1) is 18.3 Å². The zero-order chi connectivity index (χ0) is 25.6. The van der Waals surface area contributed by atoms with Gasteiger partial charge in [-0.25, -0.2) is 12.8 Å². The van der Waals surface area contributed by atoms with E-state index in [-0.39, 0.29) is 18.0 Å². The van der Waals surface area contributed by atoms with Crippen molar-refractivity contribution in [1.82, 2.24) is 10.2 Å². The molecule has 34 heavy (non-hydrogen) atoms. The average molecular weight is 497 g/mol. The summed E-state index contributed by atoms with van der Waals surface area (Å²) in [7, 11) is -1.48. The van der Waals surface area contributed by atoms with Crippen LogP contribution < -0.4 is 14.4 Å². The number of benzene rings is 2. The maximum Gasteiger partial charge on any atom is 0.271 e. The van der Waals surface area contributed by atoms with Crippen LogP contribution in [0.15, 0.2) is 42.5 Å². The van der Waals surface area contributed by atoms with Gasteiger partial charge in [0, 0.05) is 25.7 Å². The summed E-state index contributed by atoms with van der Waals surface area (Å²) in [6.07, 6.45) is 0.838. The van der Waals surface area contributed by atoms with E-state index < -0.39 is 50.9 Å². The fourth-order valence-electron chi connectivity index (χ4n) is 3.16. The number of likely N-dealkylation sites (N-methyl/N-ethyl adjacent to an activating group) is 1. The van der Waals surface area contributed by atoms with E-state index in [4.69, 9.17) is 4.74 Å². The van der Waals surface area contributed by atoms with Crippen LogP contribution in [0, 0.1) is 15.9 Å². The van der Waals surface area contributed by atoms with Gasteiger partial charge < -0.3 is 15.0 Å². The largest absolute Gasteiger partial charge is 0.495 e. The van der Waals surface area contributed by atoms with E-state index in [1.165, 1.54) is 51.4 Å². The van der Waals surface area contributed by atoms with Crippen LogP contribution in [0.2, 0.25) is 0 Å². The molecule has 0 saturated carbocycles. The van der Waals surface area contributed by atoms with E-state index in [1.54, 1.807) is 0 Å². The molecule has 0 spiro atoms. The molecule has 1 N–H and O–H groups in total. The van der Waals surface area contributed by atoms with Crippen LogP contribution in [0.25, 0.3) is 0 Å². The van der Waals surface area contributed by atoms with Gasteiger partial charge in [0.1, 0.15) is 29.8 Å². The standard InChI is InChI=1S/C21H25FN4O7S/c1-14(21(28)23-2)24(12-15-5-7-16(22)8-6-15)20(27)13-25(34(4,31)32)18-11-17(26(29)30)9-10-19(18)33-3/h5-11,14H,12-13H2,1-4H3,(H,23,28)/t14-/m0/s1. The zero-order valence-corrected chi connectivity index (χ0v) is 19.8. The minimum absolute atomic E-state index is 0.00624. The highest BCUT2D eigenvalue weighted by Crippen LogP contribution is 2.33. The Balaban J connectivity index is 2.50. The van der Waals surface area contributed by atoms with Gasteiger partial charge >= 0.3 is 0 Å². The first-order chi connectivity index (χ1) is 15.9. The molecule has 184 valence electrons. The van der Waals surface area contributed by atoms with Gasteiger partial charge in [-0.2, -0.15) is 0 Å². The van der Waals surface area contributed by atoms with E-state index in [0.29, 0.717) is 9.87 Å². The normalized spacial score (nSPS) is 11.9. The summed E-state index contributed by atoms with van der Waals surface area (Å²) in [6, 6.07) is 7.60. The second-order valence-electron chi connectivity index (χ2n) is 7.32. The van der Waals surface area contributed by atoms with Gasteiger partial charge in [-0.05, 0) is 30.7 Å².